The number of carbonyl (C=O) groups excluding carboxylic acids is 2. The van der Waals surface area contributed by atoms with Crippen LogP contribution < -0.4 is 10.7 Å². The molecule has 5 nitrogen and oxygen atoms in total. The molecule has 0 aliphatic rings. The van der Waals surface area contributed by atoms with Gasteiger partial charge in [0.1, 0.15) is 0 Å². The monoisotopic (exact) mass is 393 g/mol. The highest BCUT2D eigenvalue weighted by atomic mass is 79.9. The molecule has 2 N–H and O–H groups in total. The summed E-state index contributed by atoms with van der Waals surface area (Å²) < 4.78 is 0.877. The Hall–Kier alpha value is -2.18. The third kappa shape index (κ3) is 5.84. The van der Waals surface area contributed by atoms with Gasteiger partial charge >= 0.3 is 0 Å². The van der Waals surface area contributed by atoms with Crippen molar-refractivity contribution in [2.75, 3.05) is 6.54 Å². The molecule has 7 heteroatoms. The van der Waals surface area contributed by atoms with E-state index in [4.69, 9.17) is 11.6 Å². The van der Waals surface area contributed by atoms with E-state index in [0.717, 1.165) is 10.0 Å². The third-order valence-corrected chi connectivity index (χ3v) is 3.53. The van der Waals surface area contributed by atoms with Crippen molar-refractivity contribution in [3.05, 3.63) is 69.2 Å². The second-order valence-corrected chi connectivity index (χ2v) is 5.89. The summed E-state index contributed by atoms with van der Waals surface area (Å²) in [6.07, 6.45) is 1.47. The lowest BCUT2D eigenvalue weighted by molar-refractivity contribution is -0.120. The van der Waals surface area contributed by atoms with Gasteiger partial charge in [-0.3, -0.25) is 9.59 Å². The minimum absolute atomic E-state index is 0.165. The van der Waals surface area contributed by atoms with Crippen LogP contribution in [0.3, 0.4) is 0 Å². The van der Waals surface area contributed by atoms with Gasteiger partial charge in [-0.25, -0.2) is 5.43 Å². The Kier molecular flexibility index (Phi) is 6.31. The highest BCUT2D eigenvalue weighted by Gasteiger charge is 2.07. The van der Waals surface area contributed by atoms with Gasteiger partial charge in [0.15, 0.2) is 0 Å². The standard InChI is InChI=1S/C16H13BrClN3O2/c17-13-6-4-12(5-7-13)16(23)19-10-15(22)21-20-9-11-2-1-3-14(18)8-11/h1-9H,10H2,(H,19,23)(H,21,22). The Morgan fingerprint density at radius 3 is 2.61 bits per heavy atom. The van der Waals surface area contributed by atoms with Gasteiger partial charge in [-0.15, -0.1) is 0 Å². The lowest BCUT2D eigenvalue weighted by atomic mass is 10.2. The lowest BCUT2D eigenvalue weighted by Gasteiger charge is -2.04. The largest absolute Gasteiger partial charge is 0.343 e. The fraction of sp³-hybridized carbons (Fsp3) is 0.0625. The maximum Gasteiger partial charge on any atom is 0.259 e. The van der Waals surface area contributed by atoms with Gasteiger partial charge in [0.2, 0.25) is 0 Å². The molecule has 0 aliphatic carbocycles. The van der Waals surface area contributed by atoms with E-state index in [1.165, 1.54) is 6.21 Å². The van der Waals surface area contributed by atoms with Gasteiger partial charge in [0.25, 0.3) is 11.8 Å². The van der Waals surface area contributed by atoms with E-state index in [-0.39, 0.29) is 12.5 Å². The van der Waals surface area contributed by atoms with Crippen LogP contribution in [-0.4, -0.2) is 24.6 Å². The third-order valence-electron chi connectivity index (χ3n) is 2.77. The number of nitrogens with one attached hydrogen (secondary N) is 2. The molecule has 2 rings (SSSR count). The average molecular weight is 395 g/mol. The predicted octanol–water partition coefficient (Wildman–Crippen LogP) is 2.98. The Morgan fingerprint density at radius 1 is 1.17 bits per heavy atom. The van der Waals surface area contributed by atoms with Crippen LogP contribution >= 0.6 is 27.5 Å². The summed E-state index contributed by atoms with van der Waals surface area (Å²) in [5.74, 6) is -0.750. The number of nitrogens with zero attached hydrogens (tertiary/aromatic N) is 1. The Bertz CT molecular complexity index is 732. The van der Waals surface area contributed by atoms with Crippen LogP contribution in [0.1, 0.15) is 15.9 Å². The quantitative estimate of drug-likeness (QED) is 0.604. The van der Waals surface area contributed by atoms with E-state index in [0.29, 0.717) is 10.6 Å². The Labute approximate surface area is 146 Å². The molecule has 0 spiro atoms. The number of benzene rings is 2. The van der Waals surface area contributed by atoms with Crippen molar-refractivity contribution < 1.29 is 9.59 Å². The molecular weight excluding hydrogens is 382 g/mol. The van der Waals surface area contributed by atoms with Crippen molar-refractivity contribution in [3.63, 3.8) is 0 Å². The number of hydrazone groups is 1. The molecule has 0 atom stereocenters. The van der Waals surface area contributed by atoms with Crippen molar-refractivity contribution in [2.45, 2.75) is 0 Å². The first-order valence-electron chi connectivity index (χ1n) is 6.66. The zero-order chi connectivity index (χ0) is 16.7. The van der Waals surface area contributed by atoms with Gasteiger partial charge in [0.05, 0.1) is 12.8 Å². The minimum atomic E-state index is -0.422. The molecule has 0 heterocycles. The van der Waals surface area contributed by atoms with E-state index in [2.05, 4.69) is 31.8 Å². The van der Waals surface area contributed by atoms with Crippen molar-refractivity contribution in [3.8, 4) is 0 Å². The summed E-state index contributed by atoms with van der Waals surface area (Å²) in [6, 6.07) is 13.9. The molecule has 0 bridgehead atoms. The Balaban J connectivity index is 1.78. The molecule has 0 fully saturated rings. The fourth-order valence-corrected chi connectivity index (χ4v) is 2.13. The summed E-state index contributed by atoms with van der Waals surface area (Å²) in [7, 11) is 0. The molecular formula is C16H13BrClN3O2. The molecule has 0 radical (unpaired) electrons. The first kappa shape index (κ1) is 17.2. The van der Waals surface area contributed by atoms with Crippen LogP contribution in [0.15, 0.2) is 58.1 Å². The van der Waals surface area contributed by atoms with Crippen LogP contribution in [0.2, 0.25) is 5.02 Å². The molecule has 0 unspecified atom stereocenters. The zero-order valence-corrected chi connectivity index (χ0v) is 14.3. The van der Waals surface area contributed by atoms with Gasteiger partial charge < -0.3 is 5.32 Å². The molecule has 0 aromatic heterocycles. The van der Waals surface area contributed by atoms with Crippen LogP contribution in [-0.2, 0) is 4.79 Å². The first-order chi connectivity index (χ1) is 11.0. The van der Waals surface area contributed by atoms with E-state index in [1.54, 1.807) is 48.5 Å². The second-order valence-electron chi connectivity index (χ2n) is 4.54. The number of amides is 2. The maximum absolute atomic E-state index is 11.8. The summed E-state index contributed by atoms with van der Waals surface area (Å²) in [6.45, 7) is -0.165. The summed E-state index contributed by atoms with van der Waals surface area (Å²) in [5.41, 5.74) is 3.57. The zero-order valence-electron chi connectivity index (χ0n) is 11.9. The second kappa shape index (κ2) is 8.45. The van der Waals surface area contributed by atoms with Crippen LogP contribution in [0.5, 0.6) is 0 Å². The van der Waals surface area contributed by atoms with E-state index >= 15 is 0 Å². The van der Waals surface area contributed by atoms with Gasteiger partial charge in [-0.2, -0.15) is 5.10 Å². The number of halogens is 2. The van der Waals surface area contributed by atoms with Gasteiger partial charge in [-0.05, 0) is 42.0 Å². The van der Waals surface area contributed by atoms with Crippen LogP contribution in [0.4, 0.5) is 0 Å². The highest BCUT2D eigenvalue weighted by Crippen LogP contribution is 2.10. The van der Waals surface area contributed by atoms with E-state index < -0.39 is 5.91 Å². The molecule has 2 amide bonds. The summed E-state index contributed by atoms with van der Waals surface area (Å²) in [5, 5.41) is 6.90. The number of carbonyl (C=O) groups is 2. The molecule has 23 heavy (non-hydrogen) atoms. The number of hydrogen-bond acceptors (Lipinski definition) is 3. The van der Waals surface area contributed by atoms with Crippen molar-refractivity contribution in [1.82, 2.24) is 10.7 Å². The average Bonchev–Trinajstić information content (AvgIpc) is 2.53. The fourth-order valence-electron chi connectivity index (χ4n) is 1.67. The summed E-state index contributed by atoms with van der Waals surface area (Å²) in [4.78, 5) is 23.5. The number of rotatable bonds is 5. The van der Waals surface area contributed by atoms with Crippen LogP contribution in [0.25, 0.3) is 0 Å². The highest BCUT2D eigenvalue weighted by molar-refractivity contribution is 9.10. The van der Waals surface area contributed by atoms with Gasteiger partial charge in [0, 0.05) is 15.1 Å². The smallest absolute Gasteiger partial charge is 0.259 e. The minimum Gasteiger partial charge on any atom is -0.343 e. The van der Waals surface area contributed by atoms with Crippen LogP contribution in [0, 0.1) is 0 Å². The topological polar surface area (TPSA) is 70.6 Å². The van der Waals surface area contributed by atoms with Crippen molar-refractivity contribution in [1.29, 1.82) is 0 Å². The maximum atomic E-state index is 11.8. The first-order valence-corrected chi connectivity index (χ1v) is 7.83. The molecule has 2 aromatic carbocycles. The molecule has 0 saturated carbocycles. The Morgan fingerprint density at radius 2 is 1.91 bits per heavy atom. The van der Waals surface area contributed by atoms with Gasteiger partial charge in [-0.1, -0.05) is 39.7 Å². The SMILES string of the molecule is O=C(CNC(=O)c1ccc(Br)cc1)NN=Cc1cccc(Cl)c1. The molecule has 2 aromatic rings. The van der Waals surface area contributed by atoms with E-state index in [1.807, 2.05) is 0 Å². The predicted molar refractivity (Wildman–Crippen MR) is 93.7 cm³/mol. The summed E-state index contributed by atoms with van der Waals surface area (Å²) >= 11 is 9.13. The number of hydrogen-bond donors (Lipinski definition) is 2. The van der Waals surface area contributed by atoms with E-state index in [9.17, 15) is 9.59 Å². The lowest BCUT2D eigenvalue weighted by Crippen LogP contribution is -2.34. The van der Waals surface area contributed by atoms with Crippen molar-refractivity contribution in [2.24, 2.45) is 5.10 Å². The molecule has 0 saturated heterocycles. The van der Waals surface area contributed by atoms with Crippen molar-refractivity contribution >= 4 is 45.6 Å². The molecule has 0 aliphatic heterocycles. The molecule has 118 valence electrons. The normalized spacial score (nSPS) is 10.5.